The zero-order chi connectivity index (χ0) is 13.1. The van der Waals surface area contributed by atoms with E-state index >= 15 is 0 Å². The van der Waals surface area contributed by atoms with Gasteiger partial charge in [-0.1, -0.05) is 0 Å². The summed E-state index contributed by atoms with van der Waals surface area (Å²) in [5, 5.41) is 3.15. The molecule has 5 heteroatoms. The van der Waals surface area contributed by atoms with Crippen LogP contribution in [0.3, 0.4) is 0 Å². The standard InChI is InChI=1S/C13H12BrFN2O/c1-18-13-7-9(3-4-11(13)16)17-12-5-2-8(15)6-10(12)14/h2-7,17H,16H2,1H3. The molecule has 0 radical (unpaired) electrons. The summed E-state index contributed by atoms with van der Waals surface area (Å²) in [5.41, 5.74) is 7.88. The lowest BCUT2D eigenvalue weighted by atomic mass is 10.2. The van der Waals surface area contributed by atoms with Gasteiger partial charge in [-0.05, 0) is 46.3 Å². The van der Waals surface area contributed by atoms with Crippen LogP contribution in [0.15, 0.2) is 40.9 Å². The summed E-state index contributed by atoms with van der Waals surface area (Å²) < 4.78 is 18.8. The molecule has 0 fully saturated rings. The average Bonchev–Trinajstić information content (AvgIpc) is 2.35. The molecule has 94 valence electrons. The van der Waals surface area contributed by atoms with Gasteiger partial charge in [-0.15, -0.1) is 0 Å². The largest absolute Gasteiger partial charge is 0.495 e. The van der Waals surface area contributed by atoms with Gasteiger partial charge in [0, 0.05) is 16.2 Å². The topological polar surface area (TPSA) is 47.3 Å². The molecule has 0 amide bonds. The summed E-state index contributed by atoms with van der Waals surface area (Å²) in [6.07, 6.45) is 0. The van der Waals surface area contributed by atoms with Gasteiger partial charge in [0.1, 0.15) is 11.6 Å². The molecule has 0 saturated heterocycles. The fourth-order valence-corrected chi connectivity index (χ4v) is 1.99. The summed E-state index contributed by atoms with van der Waals surface area (Å²) in [6.45, 7) is 0. The van der Waals surface area contributed by atoms with Crippen LogP contribution < -0.4 is 15.8 Å². The number of nitrogens with one attached hydrogen (secondary N) is 1. The van der Waals surface area contributed by atoms with Gasteiger partial charge in [-0.3, -0.25) is 0 Å². The second-order valence-corrected chi connectivity index (χ2v) is 4.56. The van der Waals surface area contributed by atoms with Gasteiger partial charge in [0.15, 0.2) is 0 Å². The minimum Gasteiger partial charge on any atom is -0.495 e. The smallest absolute Gasteiger partial charge is 0.143 e. The predicted octanol–water partition coefficient (Wildman–Crippen LogP) is 3.92. The monoisotopic (exact) mass is 310 g/mol. The van der Waals surface area contributed by atoms with Gasteiger partial charge >= 0.3 is 0 Å². The molecule has 0 aliphatic carbocycles. The highest BCUT2D eigenvalue weighted by molar-refractivity contribution is 9.10. The van der Waals surface area contributed by atoms with Gasteiger partial charge in [0.05, 0.1) is 18.5 Å². The third kappa shape index (κ3) is 2.73. The summed E-state index contributed by atoms with van der Waals surface area (Å²) in [5.74, 6) is 0.306. The van der Waals surface area contributed by atoms with E-state index < -0.39 is 0 Å². The van der Waals surface area contributed by atoms with Crippen LogP contribution in [0, 0.1) is 5.82 Å². The number of hydrogen-bond acceptors (Lipinski definition) is 3. The lowest BCUT2D eigenvalue weighted by molar-refractivity contribution is 0.417. The Morgan fingerprint density at radius 2 is 2.00 bits per heavy atom. The van der Waals surface area contributed by atoms with E-state index in [1.807, 2.05) is 6.07 Å². The molecule has 0 bridgehead atoms. The zero-order valence-electron chi connectivity index (χ0n) is 9.71. The molecule has 2 aromatic rings. The number of methoxy groups -OCH3 is 1. The third-order valence-electron chi connectivity index (χ3n) is 2.44. The van der Waals surface area contributed by atoms with Crippen molar-refractivity contribution in [3.05, 3.63) is 46.7 Å². The van der Waals surface area contributed by atoms with E-state index in [0.29, 0.717) is 15.9 Å². The van der Waals surface area contributed by atoms with E-state index in [0.717, 1.165) is 11.4 Å². The molecule has 0 heterocycles. The Morgan fingerprint density at radius 1 is 1.22 bits per heavy atom. The third-order valence-corrected chi connectivity index (χ3v) is 3.10. The minimum absolute atomic E-state index is 0.290. The van der Waals surface area contributed by atoms with Crippen molar-refractivity contribution >= 4 is 33.0 Å². The van der Waals surface area contributed by atoms with Gasteiger partial charge in [-0.25, -0.2) is 4.39 Å². The van der Waals surface area contributed by atoms with Crippen LogP contribution >= 0.6 is 15.9 Å². The van der Waals surface area contributed by atoms with E-state index in [1.165, 1.54) is 12.1 Å². The Labute approximate surface area is 113 Å². The molecule has 0 spiro atoms. The Kier molecular flexibility index (Phi) is 3.72. The first kappa shape index (κ1) is 12.7. The van der Waals surface area contributed by atoms with E-state index in [9.17, 15) is 4.39 Å². The first-order chi connectivity index (χ1) is 8.60. The number of rotatable bonds is 3. The average molecular weight is 311 g/mol. The molecule has 0 atom stereocenters. The van der Waals surface area contributed by atoms with Gasteiger partial charge in [0.25, 0.3) is 0 Å². The molecule has 2 aromatic carbocycles. The maximum absolute atomic E-state index is 13.0. The van der Waals surface area contributed by atoms with Gasteiger partial charge < -0.3 is 15.8 Å². The maximum atomic E-state index is 13.0. The van der Waals surface area contributed by atoms with E-state index in [1.54, 1.807) is 25.3 Å². The fraction of sp³-hybridized carbons (Fsp3) is 0.0769. The van der Waals surface area contributed by atoms with Crippen LogP contribution in [0.4, 0.5) is 21.5 Å². The molecule has 3 N–H and O–H groups in total. The number of nitrogens with two attached hydrogens (primary N) is 1. The Balaban J connectivity index is 2.28. The van der Waals surface area contributed by atoms with Crippen LogP contribution in [0.5, 0.6) is 5.75 Å². The maximum Gasteiger partial charge on any atom is 0.143 e. The van der Waals surface area contributed by atoms with Gasteiger partial charge in [-0.2, -0.15) is 0 Å². The van der Waals surface area contributed by atoms with Crippen molar-refractivity contribution in [1.82, 2.24) is 0 Å². The second-order valence-electron chi connectivity index (χ2n) is 3.71. The van der Waals surface area contributed by atoms with Crippen LogP contribution in [0.1, 0.15) is 0 Å². The van der Waals surface area contributed by atoms with Crippen LogP contribution in [0.2, 0.25) is 0 Å². The number of halogens is 2. The number of anilines is 3. The van der Waals surface area contributed by atoms with Crippen LogP contribution in [-0.2, 0) is 0 Å². The molecule has 0 aromatic heterocycles. The van der Waals surface area contributed by atoms with E-state index in [-0.39, 0.29) is 5.82 Å². The van der Waals surface area contributed by atoms with E-state index in [2.05, 4.69) is 21.2 Å². The molecular formula is C13H12BrFN2O. The normalized spacial score (nSPS) is 10.2. The summed E-state index contributed by atoms with van der Waals surface area (Å²) in [4.78, 5) is 0. The number of nitrogen functional groups attached to an aromatic ring is 1. The molecule has 0 aliphatic heterocycles. The SMILES string of the molecule is COc1cc(Nc2ccc(F)cc2Br)ccc1N. The Hall–Kier alpha value is -1.75. The summed E-state index contributed by atoms with van der Waals surface area (Å²) in [6, 6.07) is 9.80. The number of benzene rings is 2. The second kappa shape index (κ2) is 5.27. The van der Waals surface area contributed by atoms with Crippen molar-refractivity contribution < 1.29 is 9.13 Å². The highest BCUT2D eigenvalue weighted by atomic mass is 79.9. The zero-order valence-corrected chi connectivity index (χ0v) is 11.3. The Bertz CT molecular complexity index is 575. The summed E-state index contributed by atoms with van der Waals surface area (Å²) in [7, 11) is 1.56. The molecule has 0 aliphatic rings. The minimum atomic E-state index is -0.290. The number of hydrogen-bond donors (Lipinski definition) is 2. The van der Waals surface area contributed by atoms with Crippen LogP contribution in [-0.4, -0.2) is 7.11 Å². The molecule has 2 rings (SSSR count). The molecule has 0 unspecified atom stereocenters. The predicted molar refractivity (Wildman–Crippen MR) is 74.8 cm³/mol. The summed E-state index contributed by atoms with van der Waals surface area (Å²) >= 11 is 3.30. The lowest BCUT2D eigenvalue weighted by Crippen LogP contribution is -1.96. The van der Waals surface area contributed by atoms with Crippen molar-refractivity contribution in [2.75, 3.05) is 18.2 Å². The Morgan fingerprint density at radius 3 is 2.67 bits per heavy atom. The van der Waals surface area contributed by atoms with Crippen molar-refractivity contribution in [3.8, 4) is 5.75 Å². The highest BCUT2D eigenvalue weighted by Gasteiger charge is 2.04. The van der Waals surface area contributed by atoms with Crippen LogP contribution in [0.25, 0.3) is 0 Å². The molecule has 3 nitrogen and oxygen atoms in total. The molecule has 18 heavy (non-hydrogen) atoms. The van der Waals surface area contributed by atoms with Crippen molar-refractivity contribution in [2.24, 2.45) is 0 Å². The molecular weight excluding hydrogens is 299 g/mol. The van der Waals surface area contributed by atoms with Crippen molar-refractivity contribution in [2.45, 2.75) is 0 Å². The van der Waals surface area contributed by atoms with Gasteiger partial charge in [0.2, 0.25) is 0 Å². The lowest BCUT2D eigenvalue weighted by Gasteiger charge is -2.11. The highest BCUT2D eigenvalue weighted by Crippen LogP contribution is 2.30. The molecule has 0 saturated carbocycles. The van der Waals surface area contributed by atoms with Crippen molar-refractivity contribution in [3.63, 3.8) is 0 Å². The fourth-order valence-electron chi connectivity index (χ4n) is 1.54. The first-order valence-corrected chi connectivity index (χ1v) is 6.05. The van der Waals surface area contributed by atoms with E-state index in [4.69, 9.17) is 10.5 Å². The number of ether oxygens (including phenoxy) is 1. The quantitative estimate of drug-likeness (QED) is 0.845. The van der Waals surface area contributed by atoms with Crippen molar-refractivity contribution in [1.29, 1.82) is 0 Å². The first-order valence-electron chi connectivity index (χ1n) is 5.26.